The number of aromatic nitrogens is 1. The predicted octanol–water partition coefficient (Wildman–Crippen LogP) is 4.07. The molecule has 0 saturated heterocycles. The minimum absolute atomic E-state index is 0.194. The third kappa shape index (κ3) is 3.54. The number of nitrogens with zero attached hydrogens (tertiary/aromatic N) is 1. The number of ether oxygens (including phenoxy) is 2. The van der Waals surface area contributed by atoms with Crippen LogP contribution in [0.25, 0.3) is 0 Å². The maximum atomic E-state index is 9.32. The molecule has 0 amide bonds. The van der Waals surface area contributed by atoms with Crippen molar-refractivity contribution in [2.24, 2.45) is 0 Å². The Morgan fingerprint density at radius 2 is 2.00 bits per heavy atom. The smallest absolute Gasteiger partial charge is 0.228 e. The van der Waals surface area contributed by atoms with E-state index in [-0.39, 0.29) is 12.5 Å². The van der Waals surface area contributed by atoms with Crippen molar-refractivity contribution in [1.82, 2.24) is 4.98 Å². The lowest BCUT2D eigenvalue weighted by Crippen LogP contribution is -1.99. The fourth-order valence-corrected chi connectivity index (χ4v) is 2.00. The predicted molar refractivity (Wildman–Crippen MR) is 77.9 cm³/mol. The van der Waals surface area contributed by atoms with Gasteiger partial charge in [0.1, 0.15) is 5.75 Å². The van der Waals surface area contributed by atoms with Crippen molar-refractivity contribution in [2.75, 3.05) is 6.61 Å². The van der Waals surface area contributed by atoms with Gasteiger partial charge < -0.3 is 14.6 Å². The number of benzene rings is 1. The summed E-state index contributed by atoms with van der Waals surface area (Å²) in [5.41, 5.74) is 0.541. The van der Waals surface area contributed by atoms with E-state index in [0.29, 0.717) is 33.8 Å². The lowest BCUT2D eigenvalue weighted by atomic mass is 10.3. The summed E-state index contributed by atoms with van der Waals surface area (Å²) in [6.07, 6.45) is 0. The molecule has 0 aliphatic carbocycles. The van der Waals surface area contributed by atoms with E-state index >= 15 is 0 Å². The summed E-state index contributed by atoms with van der Waals surface area (Å²) in [5.74, 6) is 1.08. The van der Waals surface area contributed by atoms with Crippen LogP contribution in [0.5, 0.6) is 17.5 Å². The molecule has 0 fully saturated rings. The Hall–Kier alpha value is -1.49. The molecule has 0 saturated carbocycles. The fourth-order valence-electron chi connectivity index (χ4n) is 1.55. The Balaban J connectivity index is 2.33. The molecule has 0 radical (unpaired) electrons. The quantitative estimate of drug-likeness (QED) is 0.904. The first kappa shape index (κ1) is 14.9. The van der Waals surface area contributed by atoms with Gasteiger partial charge in [0.15, 0.2) is 0 Å². The van der Waals surface area contributed by atoms with Gasteiger partial charge in [-0.3, -0.25) is 0 Å². The molecule has 1 aromatic heterocycles. The van der Waals surface area contributed by atoms with E-state index in [9.17, 15) is 5.11 Å². The lowest BCUT2D eigenvalue weighted by molar-refractivity contribution is 0.272. The van der Waals surface area contributed by atoms with Gasteiger partial charge in [0.2, 0.25) is 11.8 Å². The molecule has 0 bridgehead atoms. The molecule has 0 unspecified atom stereocenters. The van der Waals surface area contributed by atoms with E-state index in [2.05, 4.69) is 4.98 Å². The Kier molecular flexibility index (Phi) is 5.06. The van der Waals surface area contributed by atoms with Crippen molar-refractivity contribution in [3.05, 3.63) is 45.9 Å². The number of halogens is 2. The minimum Gasteiger partial charge on any atom is -0.478 e. The van der Waals surface area contributed by atoms with Crippen LogP contribution in [0, 0.1) is 0 Å². The Bertz CT molecular complexity index is 605. The summed E-state index contributed by atoms with van der Waals surface area (Å²) < 4.78 is 10.9. The fraction of sp³-hybridized carbons (Fsp3) is 0.214. The molecule has 106 valence electrons. The number of hydrogen-bond donors (Lipinski definition) is 1. The minimum atomic E-state index is -0.194. The van der Waals surface area contributed by atoms with Gasteiger partial charge in [0, 0.05) is 16.7 Å². The van der Waals surface area contributed by atoms with Crippen molar-refractivity contribution in [1.29, 1.82) is 0 Å². The van der Waals surface area contributed by atoms with Crippen molar-refractivity contribution >= 4 is 23.2 Å². The van der Waals surface area contributed by atoms with Gasteiger partial charge in [0.05, 0.1) is 18.2 Å². The Labute approximate surface area is 126 Å². The van der Waals surface area contributed by atoms with E-state index in [1.54, 1.807) is 30.3 Å². The molecule has 20 heavy (non-hydrogen) atoms. The summed E-state index contributed by atoms with van der Waals surface area (Å²) in [7, 11) is 0. The zero-order chi connectivity index (χ0) is 14.5. The van der Waals surface area contributed by atoms with Crippen molar-refractivity contribution < 1.29 is 14.6 Å². The highest BCUT2D eigenvalue weighted by Crippen LogP contribution is 2.33. The molecular formula is C14H13Cl2NO3. The molecule has 0 aliphatic heterocycles. The maximum absolute atomic E-state index is 9.32. The summed E-state index contributed by atoms with van der Waals surface area (Å²) in [5, 5.41) is 10.2. The molecule has 2 aromatic rings. The highest BCUT2D eigenvalue weighted by Gasteiger charge is 2.11. The molecular weight excluding hydrogens is 301 g/mol. The van der Waals surface area contributed by atoms with Gasteiger partial charge >= 0.3 is 0 Å². The third-order valence-electron chi connectivity index (χ3n) is 2.48. The highest BCUT2D eigenvalue weighted by molar-refractivity contribution is 6.35. The van der Waals surface area contributed by atoms with Crippen molar-refractivity contribution in [3.8, 4) is 17.5 Å². The molecule has 4 nitrogen and oxygen atoms in total. The normalized spacial score (nSPS) is 10.4. The second kappa shape index (κ2) is 6.79. The van der Waals surface area contributed by atoms with E-state index < -0.39 is 0 Å². The second-order valence-corrected chi connectivity index (χ2v) is 4.73. The monoisotopic (exact) mass is 313 g/mol. The van der Waals surface area contributed by atoms with Crippen LogP contribution in [0.15, 0.2) is 30.3 Å². The van der Waals surface area contributed by atoms with Gasteiger partial charge in [-0.2, -0.15) is 4.98 Å². The third-order valence-corrected chi connectivity index (χ3v) is 3.01. The van der Waals surface area contributed by atoms with E-state index in [4.69, 9.17) is 32.7 Å². The average Bonchev–Trinajstić information content (AvgIpc) is 2.43. The lowest BCUT2D eigenvalue weighted by Gasteiger charge is -2.11. The summed E-state index contributed by atoms with van der Waals surface area (Å²) in [6.45, 7) is 2.16. The van der Waals surface area contributed by atoms with E-state index in [0.717, 1.165) is 0 Å². The molecule has 2 rings (SSSR count). The highest BCUT2D eigenvalue weighted by atomic mass is 35.5. The Morgan fingerprint density at radius 3 is 2.65 bits per heavy atom. The largest absolute Gasteiger partial charge is 0.478 e. The van der Waals surface area contributed by atoms with E-state index in [1.165, 1.54) is 0 Å². The van der Waals surface area contributed by atoms with Crippen molar-refractivity contribution in [2.45, 2.75) is 13.5 Å². The number of aliphatic hydroxyl groups is 1. The maximum Gasteiger partial charge on any atom is 0.228 e. The zero-order valence-corrected chi connectivity index (χ0v) is 12.3. The van der Waals surface area contributed by atoms with Crippen LogP contribution in [0.2, 0.25) is 10.0 Å². The van der Waals surface area contributed by atoms with Crippen LogP contribution >= 0.6 is 23.2 Å². The van der Waals surface area contributed by atoms with Gasteiger partial charge in [-0.15, -0.1) is 0 Å². The van der Waals surface area contributed by atoms with Crippen LogP contribution in [-0.4, -0.2) is 16.7 Å². The number of aliphatic hydroxyl groups excluding tert-OH is 1. The number of hydrogen-bond acceptors (Lipinski definition) is 4. The van der Waals surface area contributed by atoms with Crippen molar-refractivity contribution in [3.63, 3.8) is 0 Å². The Morgan fingerprint density at radius 1 is 1.20 bits per heavy atom. The van der Waals surface area contributed by atoms with Gasteiger partial charge in [-0.1, -0.05) is 23.2 Å². The SMILES string of the molecule is CCOc1ccc(CO)c(Oc2ccc(Cl)cc2Cl)n1. The summed E-state index contributed by atoms with van der Waals surface area (Å²) >= 11 is 11.9. The molecule has 1 heterocycles. The van der Waals surface area contributed by atoms with Gasteiger partial charge in [-0.25, -0.2) is 0 Å². The average molecular weight is 314 g/mol. The van der Waals surface area contributed by atoms with Gasteiger partial charge in [-0.05, 0) is 31.2 Å². The zero-order valence-electron chi connectivity index (χ0n) is 10.8. The second-order valence-electron chi connectivity index (χ2n) is 3.88. The molecule has 0 spiro atoms. The first-order valence-corrected chi connectivity index (χ1v) is 6.76. The summed E-state index contributed by atoms with van der Waals surface area (Å²) in [4.78, 5) is 4.20. The van der Waals surface area contributed by atoms with Crippen LogP contribution in [0.1, 0.15) is 12.5 Å². The van der Waals surface area contributed by atoms with Crippen LogP contribution in [0.3, 0.4) is 0 Å². The van der Waals surface area contributed by atoms with E-state index in [1.807, 2.05) is 6.92 Å². The molecule has 0 aliphatic rings. The standard InChI is InChI=1S/C14H13Cl2NO3/c1-2-19-13-6-3-9(8-18)14(17-13)20-12-5-4-10(15)7-11(12)16/h3-7,18H,2,8H2,1H3. The first-order chi connectivity index (χ1) is 9.63. The topological polar surface area (TPSA) is 51.6 Å². The van der Waals surface area contributed by atoms with Gasteiger partial charge in [0.25, 0.3) is 0 Å². The number of rotatable bonds is 5. The molecule has 0 atom stereocenters. The van der Waals surface area contributed by atoms with Crippen LogP contribution < -0.4 is 9.47 Å². The molecule has 6 heteroatoms. The first-order valence-electron chi connectivity index (χ1n) is 6.00. The van der Waals surface area contributed by atoms with Crippen LogP contribution in [0.4, 0.5) is 0 Å². The molecule has 1 aromatic carbocycles. The summed E-state index contributed by atoms with van der Waals surface area (Å²) in [6, 6.07) is 8.24. The number of pyridine rings is 1. The molecule has 1 N–H and O–H groups in total. The van der Waals surface area contributed by atoms with Crippen LogP contribution in [-0.2, 0) is 6.61 Å².